The minimum atomic E-state index is -0.0292. The number of carbonyl (C=O) groups excluding carboxylic acids is 1. The van der Waals surface area contributed by atoms with E-state index in [4.69, 9.17) is 5.26 Å². The summed E-state index contributed by atoms with van der Waals surface area (Å²) >= 11 is 0. The van der Waals surface area contributed by atoms with Crippen LogP contribution in [0.4, 0.5) is 0 Å². The number of aromatic nitrogens is 1. The normalized spacial score (nSPS) is 10.2. The van der Waals surface area contributed by atoms with Crippen LogP contribution in [0.1, 0.15) is 21.5 Å². The number of hydrogen-bond donors (Lipinski definition) is 0. The van der Waals surface area contributed by atoms with Gasteiger partial charge < -0.3 is 9.47 Å². The highest BCUT2D eigenvalue weighted by Crippen LogP contribution is 2.13. The van der Waals surface area contributed by atoms with E-state index in [1.807, 2.05) is 65.5 Å². The molecule has 3 aromatic rings. The largest absolute Gasteiger partial charge is 0.337 e. The van der Waals surface area contributed by atoms with Crippen LogP contribution in [-0.4, -0.2) is 22.4 Å². The molecule has 0 N–H and O–H groups in total. The van der Waals surface area contributed by atoms with Crippen molar-refractivity contribution in [1.29, 1.82) is 5.26 Å². The third kappa shape index (κ3) is 3.36. The maximum atomic E-state index is 12.5. The van der Waals surface area contributed by atoms with E-state index in [1.165, 1.54) is 0 Å². The lowest BCUT2D eigenvalue weighted by Crippen LogP contribution is -2.26. The van der Waals surface area contributed by atoms with Crippen LogP contribution in [0.2, 0.25) is 0 Å². The lowest BCUT2D eigenvalue weighted by molar-refractivity contribution is 0.0785. The molecule has 1 amide bonds. The first-order valence-corrected chi connectivity index (χ1v) is 7.65. The van der Waals surface area contributed by atoms with Gasteiger partial charge in [-0.2, -0.15) is 5.26 Å². The molecule has 4 heteroatoms. The third-order valence-electron chi connectivity index (χ3n) is 3.87. The Labute approximate surface area is 141 Å². The number of hydrogen-bond acceptors (Lipinski definition) is 2. The highest BCUT2D eigenvalue weighted by Gasteiger charge is 2.12. The van der Waals surface area contributed by atoms with Crippen LogP contribution < -0.4 is 0 Å². The lowest BCUT2D eigenvalue weighted by Gasteiger charge is -2.17. The van der Waals surface area contributed by atoms with Gasteiger partial charge in [0.1, 0.15) is 0 Å². The van der Waals surface area contributed by atoms with Gasteiger partial charge in [-0.25, -0.2) is 0 Å². The summed E-state index contributed by atoms with van der Waals surface area (Å²) in [6, 6.07) is 20.8. The van der Waals surface area contributed by atoms with E-state index >= 15 is 0 Å². The predicted octanol–water partition coefficient (Wildman–Crippen LogP) is 3.62. The Kier molecular flexibility index (Phi) is 4.44. The zero-order chi connectivity index (χ0) is 16.9. The monoisotopic (exact) mass is 315 g/mol. The van der Waals surface area contributed by atoms with Crippen molar-refractivity contribution in [3.8, 4) is 11.8 Å². The van der Waals surface area contributed by atoms with Crippen molar-refractivity contribution in [3.05, 3.63) is 89.7 Å². The van der Waals surface area contributed by atoms with E-state index < -0.39 is 0 Å². The summed E-state index contributed by atoms with van der Waals surface area (Å²) < 4.78 is 1.99. The Morgan fingerprint density at radius 2 is 1.67 bits per heavy atom. The Hall–Kier alpha value is -3.32. The molecule has 2 aromatic carbocycles. The van der Waals surface area contributed by atoms with E-state index in [0.29, 0.717) is 17.7 Å². The molecule has 0 unspecified atom stereocenters. The molecular formula is C20H17N3O. The summed E-state index contributed by atoms with van der Waals surface area (Å²) in [5.41, 5.74) is 3.29. The quantitative estimate of drug-likeness (QED) is 0.738. The average Bonchev–Trinajstić information content (AvgIpc) is 3.16. The molecule has 0 aliphatic rings. The van der Waals surface area contributed by atoms with Crippen LogP contribution in [0, 0.1) is 11.3 Å². The predicted molar refractivity (Wildman–Crippen MR) is 92.7 cm³/mol. The van der Waals surface area contributed by atoms with E-state index in [1.54, 1.807) is 24.1 Å². The molecule has 1 aromatic heterocycles. The molecule has 1 heterocycles. The van der Waals surface area contributed by atoms with Crippen molar-refractivity contribution in [3.63, 3.8) is 0 Å². The molecular weight excluding hydrogens is 298 g/mol. The van der Waals surface area contributed by atoms with Crippen molar-refractivity contribution in [2.75, 3.05) is 7.05 Å². The fourth-order valence-corrected chi connectivity index (χ4v) is 2.53. The summed E-state index contributed by atoms with van der Waals surface area (Å²) in [4.78, 5) is 14.2. The fraction of sp³-hybridized carbons (Fsp3) is 0.100. The number of carbonyl (C=O) groups is 1. The first-order chi connectivity index (χ1) is 11.7. The molecule has 0 saturated carbocycles. The number of amides is 1. The second kappa shape index (κ2) is 6.84. The van der Waals surface area contributed by atoms with Gasteiger partial charge in [-0.3, -0.25) is 4.79 Å². The van der Waals surface area contributed by atoms with E-state index in [0.717, 1.165) is 11.3 Å². The third-order valence-corrected chi connectivity index (χ3v) is 3.87. The standard InChI is InChI=1S/C20H17N3O/c1-22(15-17-6-4-16(14-21)5-7-17)20(24)18-8-10-19(11-9-18)23-12-2-3-13-23/h2-13H,15H2,1H3. The number of nitriles is 1. The van der Waals surface area contributed by atoms with Gasteiger partial charge in [0, 0.05) is 37.2 Å². The summed E-state index contributed by atoms with van der Waals surface area (Å²) in [7, 11) is 1.78. The van der Waals surface area contributed by atoms with Gasteiger partial charge >= 0.3 is 0 Å². The van der Waals surface area contributed by atoms with Crippen LogP contribution in [0.3, 0.4) is 0 Å². The molecule has 0 atom stereocenters. The van der Waals surface area contributed by atoms with Gasteiger partial charge in [0.05, 0.1) is 11.6 Å². The van der Waals surface area contributed by atoms with Gasteiger partial charge in [0.2, 0.25) is 0 Å². The Bertz CT molecular complexity index is 857. The van der Waals surface area contributed by atoms with Crippen LogP contribution >= 0.6 is 0 Å². The van der Waals surface area contributed by atoms with Crippen molar-refractivity contribution >= 4 is 5.91 Å². The Balaban J connectivity index is 1.69. The summed E-state index contributed by atoms with van der Waals surface area (Å²) in [5.74, 6) is -0.0292. The van der Waals surface area contributed by atoms with Crippen molar-refractivity contribution < 1.29 is 4.79 Å². The Morgan fingerprint density at radius 1 is 1.04 bits per heavy atom. The number of nitrogens with zero attached hydrogens (tertiary/aromatic N) is 3. The highest BCUT2D eigenvalue weighted by molar-refractivity contribution is 5.94. The van der Waals surface area contributed by atoms with Crippen molar-refractivity contribution in [2.24, 2.45) is 0 Å². The van der Waals surface area contributed by atoms with Crippen molar-refractivity contribution in [1.82, 2.24) is 9.47 Å². The van der Waals surface area contributed by atoms with Gasteiger partial charge in [-0.15, -0.1) is 0 Å². The summed E-state index contributed by atoms with van der Waals surface area (Å²) in [5, 5.41) is 8.82. The van der Waals surface area contributed by atoms with Crippen LogP contribution in [0.15, 0.2) is 73.1 Å². The molecule has 24 heavy (non-hydrogen) atoms. The molecule has 0 saturated heterocycles. The molecule has 118 valence electrons. The van der Waals surface area contributed by atoms with Crippen LogP contribution in [-0.2, 0) is 6.54 Å². The average molecular weight is 315 g/mol. The molecule has 4 nitrogen and oxygen atoms in total. The molecule has 0 radical (unpaired) electrons. The van der Waals surface area contributed by atoms with Crippen molar-refractivity contribution in [2.45, 2.75) is 6.54 Å². The maximum Gasteiger partial charge on any atom is 0.253 e. The topological polar surface area (TPSA) is 49.0 Å². The molecule has 3 rings (SSSR count). The highest BCUT2D eigenvalue weighted by atomic mass is 16.2. The van der Waals surface area contributed by atoms with E-state index in [-0.39, 0.29) is 5.91 Å². The molecule has 0 aliphatic carbocycles. The minimum absolute atomic E-state index is 0.0292. The number of benzene rings is 2. The van der Waals surface area contributed by atoms with Gasteiger partial charge in [0.15, 0.2) is 0 Å². The second-order valence-corrected chi connectivity index (χ2v) is 5.61. The van der Waals surface area contributed by atoms with Crippen LogP contribution in [0.5, 0.6) is 0 Å². The minimum Gasteiger partial charge on any atom is -0.337 e. The van der Waals surface area contributed by atoms with E-state index in [9.17, 15) is 4.79 Å². The number of rotatable bonds is 4. The molecule has 0 bridgehead atoms. The lowest BCUT2D eigenvalue weighted by atomic mass is 10.1. The SMILES string of the molecule is CN(Cc1ccc(C#N)cc1)C(=O)c1ccc(-n2cccc2)cc1. The summed E-state index contributed by atoms with van der Waals surface area (Å²) in [6.07, 6.45) is 3.93. The zero-order valence-electron chi connectivity index (χ0n) is 13.4. The maximum absolute atomic E-state index is 12.5. The smallest absolute Gasteiger partial charge is 0.253 e. The van der Waals surface area contributed by atoms with Gasteiger partial charge in [-0.05, 0) is 54.1 Å². The first kappa shape index (κ1) is 15.6. The summed E-state index contributed by atoms with van der Waals surface area (Å²) in [6.45, 7) is 0.504. The first-order valence-electron chi connectivity index (χ1n) is 7.65. The van der Waals surface area contributed by atoms with Crippen LogP contribution in [0.25, 0.3) is 5.69 Å². The Morgan fingerprint density at radius 3 is 2.25 bits per heavy atom. The fourth-order valence-electron chi connectivity index (χ4n) is 2.53. The molecule has 0 aliphatic heterocycles. The zero-order valence-corrected chi connectivity index (χ0v) is 13.4. The van der Waals surface area contributed by atoms with Gasteiger partial charge in [-0.1, -0.05) is 12.1 Å². The van der Waals surface area contributed by atoms with E-state index in [2.05, 4.69) is 6.07 Å². The molecule has 0 spiro atoms. The molecule has 0 fully saturated rings. The second-order valence-electron chi connectivity index (χ2n) is 5.61. The van der Waals surface area contributed by atoms with Gasteiger partial charge in [0.25, 0.3) is 5.91 Å².